The third-order valence-electron chi connectivity index (χ3n) is 4.89. The molecule has 0 aliphatic carbocycles. The second kappa shape index (κ2) is 8.22. The minimum absolute atomic E-state index is 0.124. The Kier molecular flexibility index (Phi) is 5.93. The van der Waals surface area contributed by atoms with Crippen LogP contribution in [0.15, 0.2) is 48.5 Å². The van der Waals surface area contributed by atoms with E-state index in [-0.39, 0.29) is 24.9 Å². The van der Waals surface area contributed by atoms with E-state index >= 15 is 0 Å². The number of nitrogens with zero attached hydrogens (tertiary/aromatic N) is 1. The topological polar surface area (TPSA) is 75.7 Å². The van der Waals surface area contributed by atoms with E-state index in [1.807, 2.05) is 38.1 Å². The number of carbonyl (C=O) groups excluding carboxylic acids is 1. The predicted octanol–water partition coefficient (Wildman–Crippen LogP) is 3.18. The van der Waals surface area contributed by atoms with E-state index in [4.69, 9.17) is 4.74 Å². The number of para-hydroxylation sites is 2. The summed E-state index contributed by atoms with van der Waals surface area (Å²) in [6.07, 6.45) is 1.42. The smallest absolute Gasteiger partial charge is 0.261 e. The lowest BCUT2D eigenvalue weighted by Gasteiger charge is -2.22. The number of rotatable bonds is 5. The Balaban J connectivity index is 1.80. The molecule has 0 aromatic heterocycles. The minimum Gasteiger partial charge on any atom is -0.478 e. The van der Waals surface area contributed by atoms with Crippen molar-refractivity contribution < 1.29 is 17.9 Å². The average Bonchev–Trinajstić information content (AvgIpc) is 2.86. The van der Waals surface area contributed by atoms with E-state index in [9.17, 15) is 13.2 Å². The van der Waals surface area contributed by atoms with Crippen LogP contribution < -0.4 is 14.4 Å². The van der Waals surface area contributed by atoms with Gasteiger partial charge < -0.3 is 10.1 Å². The molecule has 2 atom stereocenters. The van der Waals surface area contributed by atoms with E-state index in [1.165, 1.54) is 4.31 Å². The van der Waals surface area contributed by atoms with Crippen LogP contribution in [0.5, 0.6) is 5.75 Å². The molecule has 0 saturated carbocycles. The molecule has 1 N–H and O–H groups in total. The first-order valence-corrected chi connectivity index (χ1v) is 11.2. The molecule has 0 spiro atoms. The number of amides is 1. The summed E-state index contributed by atoms with van der Waals surface area (Å²) < 4.78 is 31.6. The Bertz CT molecular complexity index is 941. The highest BCUT2D eigenvalue weighted by Gasteiger charge is 2.31. The van der Waals surface area contributed by atoms with Gasteiger partial charge in [-0.15, -0.1) is 0 Å². The largest absolute Gasteiger partial charge is 0.478 e. The molecule has 1 aliphatic rings. The van der Waals surface area contributed by atoms with Gasteiger partial charge in [0, 0.05) is 13.0 Å². The van der Waals surface area contributed by atoms with E-state index < -0.39 is 16.1 Å². The molecular weight excluding hydrogens is 376 g/mol. The summed E-state index contributed by atoms with van der Waals surface area (Å²) >= 11 is 0. The van der Waals surface area contributed by atoms with Crippen molar-refractivity contribution in [2.24, 2.45) is 0 Å². The quantitative estimate of drug-likeness (QED) is 0.833. The molecule has 0 fully saturated rings. The van der Waals surface area contributed by atoms with Crippen LogP contribution in [0.2, 0.25) is 0 Å². The minimum atomic E-state index is -3.46. The van der Waals surface area contributed by atoms with Gasteiger partial charge >= 0.3 is 0 Å². The summed E-state index contributed by atoms with van der Waals surface area (Å²) in [6, 6.07) is 14.8. The molecule has 1 heterocycles. The molecule has 1 amide bonds. The molecule has 0 saturated heterocycles. The third kappa shape index (κ3) is 4.47. The number of nitrogens with one attached hydrogen (secondary N) is 1. The van der Waals surface area contributed by atoms with Crippen LogP contribution in [0.25, 0.3) is 0 Å². The number of fused-ring (bicyclic) bond motifs is 1. The first-order chi connectivity index (χ1) is 13.3. The van der Waals surface area contributed by atoms with Gasteiger partial charge in [0.05, 0.1) is 18.0 Å². The highest BCUT2D eigenvalue weighted by atomic mass is 32.2. The van der Waals surface area contributed by atoms with Gasteiger partial charge in [-0.3, -0.25) is 9.10 Å². The zero-order valence-electron chi connectivity index (χ0n) is 16.4. The van der Waals surface area contributed by atoms with Crippen LogP contribution in [0.1, 0.15) is 36.9 Å². The van der Waals surface area contributed by atoms with Gasteiger partial charge in [0.25, 0.3) is 5.91 Å². The second-order valence-electron chi connectivity index (χ2n) is 7.08. The molecule has 2 aromatic carbocycles. The Hall–Kier alpha value is -2.54. The summed E-state index contributed by atoms with van der Waals surface area (Å²) in [5.74, 6) is 0.159. The lowest BCUT2D eigenvalue weighted by Crippen LogP contribution is -2.41. The lowest BCUT2D eigenvalue weighted by molar-refractivity contribution is -0.128. The fourth-order valence-electron chi connectivity index (χ4n) is 3.34. The Labute approximate surface area is 166 Å². The van der Waals surface area contributed by atoms with Gasteiger partial charge in [-0.25, -0.2) is 8.42 Å². The van der Waals surface area contributed by atoms with Crippen molar-refractivity contribution >= 4 is 21.6 Å². The van der Waals surface area contributed by atoms with Gasteiger partial charge in [0.15, 0.2) is 6.10 Å². The lowest BCUT2D eigenvalue weighted by atomic mass is 10.0. The molecule has 3 rings (SSSR count). The standard InChI is InChI=1S/C21H26N2O4S/c1-4-17(16-11-9-15(2)10-12-16)22-21(24)20-13-14-23(28(3,25)26)18-7-5-6-8-19(18)27-20/h5-12,17,20H,4,13-14H2,1-3H3,(H,22,24). The van der Waals surface area contributed by atoms with E-state index in [0.29, 0.717) is 11.4 Å². The van der Waals surface area contributed by atoms with Crippen LogP contribution in [0, 0.1) is 6.92 Å². The summed E-state index contributed by atoms with van der Waals surface area (Å²) in [7, 11) is -3.46. The molecular formula is C21H26N2O4S. The zero-order valence-corrected chi connectivity index (χ0v) is 17.2. The molecule has 150 valence electrons. The highest BCUT2D eigenvalue weighted by Crippen LogP contribution is 2.34. The number of ether oxygens (including phenoxy) is 1. The van der Waals surface area contributed by atoms with E-state index in [1.54, 1.807) is 24.3 Å². The van der Waals surface area contributed by atoms with Crippen LogP contribution >= 0.6 is 0 Å². The molecule has 6 nitrogen and oxygen atoms in total. The summed E-state index contributed by atoms with van der Waals surface area (Å²) in [4.78, 5) is 12.9. The number of carbonyl (C=O) groups is 1. The maximum Gasteiger partial charge on any atom is 0.261 e. The van der Waals surface area contributed by atoms with Crippen LogP contribution in [0.3, 0.4) is 0 Å². The third-order valence-corrected chi connectivity index (χ3v) is 6.07. The summed E-state index contributed by atoms with van der Waals surface area (Å²) in [5.41, 5.74) is 2.66. The van der Waals surface area contributed by atoms with E-state index in [0.717, 1.165) is 23.8 Å². The molecule has 2 aromatic rings. The number of sulfonamides is 1. The highest BCUT2D eigenvalue weighted by molar-refractivity contribution is 7.92. The van der Waals surface area contributed by atoms with E-state index in [2.05, 4.69) is 5.32 Å². The Morgan fingerprint density at radius 1 is 1.21 bits per heavy atom. The van der Waals surface area contributed by atoms with Gasteiger partial charge in [0.2, 0.25) is 10.0 Å². The van der Waals surface area contributed by atoms with Gasteiger partial charge in [-0.1, -0.05) is 48.9 Å². The second-order valence-corrected chi connectivity index (χ2v) is 8.98. The van der Waals surface area contributed by atoms with Crippen molar-refractivity contribution in [3.8, 4) is 5.75 Å². The first kappa shape index (κ1) is 20.2. The molecule has 0 radical (unpaired) electrons. The maximum absolute atomic E-state index is 12.9. The molecule has 0 bridgehead atoms. The van der Waals surface area contributed by atoms with Crippen molar-refractivity contribution in [1.29, 1.82) is 0 Å². The summed E-state index contributed by atoms with van der Waals surface area (Å²) in [5, 5.41) is 3.05. The zero-order chi connectivity index (χ0) is 20.3. The number of hydrogen-bond donors (Lipinski definition) is 1. The Morgan fingerprint density at radius 2 is 1.89 bits per heavy atom. The average molecular weight is 403 g/mol. The van der Waals surface area contributed by atoms with Crippen molar-refractivity contribution in [2.75, 3.05) is 17.1 Å². The van der Waals surface area contributed by atoms with Gasteiger partial charge in [0.1, 0.15) is 5.75 Å². The fraction of sp³-hybridized carbons (Fsp3) is 0.381. The van der Waals surface area contributed by atoms with Crippen molar-refractivity contribution in [2.45, 2.75) is 38.8 Å². The number of benzene rings is 2. The number of anilines is 1. The Morgan fingerprint density at radius 3 is 2.54 bits per heavy atom. The predicted molar refractivity (Wildman–Crippen MR) is 110 cm³/mol. The first-order valence-electron chi connectivity index (χ1n) is 9.40. The number of hydrogen-bond acceptors (Lipinski definition) is 4. The SMILES string of the molecule is CCC(NC(=O)C1CCN(S(C)(=O)=O)c2ccccc2O1)c1ccc(C)cc1. The van der Waals surface area contributed by atoms with Crippen LogP contribution in [-0.4, -0.2) is 33.2 Å². The van der Waals surface area contributed by atoms with Crippen molar-refractivity contribution in [1.82, 2.24) is 5.32 Å². The molecule has 2 unspecified atom stereocenters. The van der Waals surface area contributed by atoms with Crippen molar-refractivity contribution in [3.05, 3.63) is 59.7 Å². The number of aryl methyl sites for hydroxylation is 1. The monoisotopic (exact) mass is 402 g/mol. The van der Waals surface area contributed by atoms with Crippen molar-refractivity contribution in [3.63, 3.8) is 0 Å². The molecule has 28 heavy (non-hydrogen) atoms. The van der Waals surface area contributed by atoms with Crippen LogP contribution in [0.4, 0.5) is 5.69 Å². The summed E-state index contributed by atoms with van der Waals surface area (Å²) in [6.45, 7) is 4.22. The van der Waals surface area contributed by atoms with Gasteiger partial charge in [-0.2, -0.15) is 0 Å². The normalized spacial score (nSPS) is 17.8. The van der Waals surface area contributed by atoms with Gasteiger partial charge in [-0.05, 0) is 31.0 Å². The molecule has 7 heteroatoms. The molecule has 1 aliphatic heterocycles. The van der Waals surface area contributed by atoms with Crippen LogP contribution in [-0.2, 0) is 14.8 Å². The fourth-order valence-corrected chi connectivity index (χ4v) is 4.29. The maximum atomic E-state index is 12.9.